The molecule has 0 aliphatic rings. The lowest BCUT2D eigenvalue weighted by molar-refractivity contribution is -0.142. The molecule has 2 rings (SSSR count). The van der Waals surface area contributed by atoms with E-state index in [1.54, 1.807) is 25.3 Å². The van der Waals surface area contributed by atoms with E-state index in [1.165, 1.54) is 7.11 Å². The summed E-state index contributed by atoms with van der Waals surface area (Å²) in [4.78, 5) is 16.8. The molecule has 2 aromatic rings. The molecule has 0 aliphatic carbocycles. The van der Waals surface area contributed by atoms with Crippen LogP contribution in [-0.2, 0) is 23.1 Å². The first kappa shape index (κ1) is 17.4. The molecule has 0 unspecified atom stereocenters. The molecule has 1 aromatic carbocycles. The second-order valence-corrected chi connectivity index (χ2v) is 5.22. The van der Waals surface area contributed by atoms with Crippen molar-refractivity contribution in [3.8, 4) is 11.5 Å². The summed E-state index contributed by atoms with van der Waals surface area (Å²) in [5.74, 6) is 0.767. The molecule has 0 bridgehead atoms. The number of ether oxygens (including phenoxy) is 2. The molecule has 0 aliphatic heterocycles. The Balaban J connectivity index is 2.03. The van der Waals surface area contributed by atoms with Gasteiger partial charge in [-0.3, -0.25) is 0 Å². The summed E-state index contributed by atoms with van der Waals surface area (Å²) in [6, 6.07) is 8.93. The minimum atomic E-state index is -0.517. The molecule has 0 spiro atoms. The quantitative estimate of drug-likeness (QED) is 0.377. The van der Waals surface area contributed by atoms with E-state index in [4.69, 9.17) is 20.0 Å². The molecule has 0 atom stereocenters. The first-order valence-corrected chi connectivity index (χ1v) is 7.33. The third-order valence-electron chi connectivity index (χ3n) is 3.68. The Kier molecular flexibility index (Phi) is 5.47. The van der Waals surface area contributed by atoms with E-state index >= 15 is 0 Å². The Labute approximate surface area is 140 Å². The lowest BCUT2D eigenvalue weighted by Gasteiger charge is -2.09. The van der Waals surface area contributed by atoms with E-state index in [1.807, 2.05) is 30.7 Å². The number of benzene rings is 1. The number of hydrogen-bond donors (Lipinski definition) is 1. The van der Waals surface area contributed by atoms with E-state index in [-0.39, 0.29) is 12.3 Å². The van der Waals surface area contributed by atoms with Gasteiger partial charge in [-0.1, -0.05) is 11.2 Å². The van der Waals surface area contributed by atoms with Gasteiger partial charge in [-0.2, -0.15) is 0 Å². The van der Waals surface area contributed by atoms with E-state index in [0.29, 0.717) is 17.2 Å². The summed E-state index contributed by atoms with van der Waals surface area (Å²) in [5.41, 5.74) is 8.29. The van der Waals surface area contributed by atoms with Gasteiger partial charge < -0.3 is 24.6 Å². The predicted molar refractivity (Wildman–Crippen MR) is 90.2 cm³/mol. The number of aryl methyl sites for hydroxylation is 1. The fourth-order valence-corrected chi connectivity index (χ4v) is 2.21. The van der Waals surface area contributed by atoms with Crippen molar-refractivity contribution in [2.24, 2.45) is 17.9 Å². The van der Waals surface area contributed by atoms with Crippen LogP contribution < -0.4 is 15.2 Å². The second-order valence-electron chi connectivity index (χ2n) is 5.22. The van der Waals surface area contributed by atoms with Crippen molar-refractivity contribution in [3.63, 3.8) is 0 Å². The molecular weight excluding hydrogens is 310 g/mol. The van der Waals surface area contributed by atoms with Gasteiger partial charge in [-0.05, 0) is 36.8 Å². The van der Waals surface area contributed by atoms with Gasteiger partial charge in [-0.25, -0.2) is 4.79 Å². The Bertz CT molecular complexity index is 765. The van der Waals surface area contributed by atoms with Crippen LogP contribution in [0.15, 0.2) is 35.5 Å². The second kappa shape index (κ2) is 7.54. The predicted octanol–water partition coefficient (Wildman–Crippen LogP) is 1.76. The fourth-order valence-electron chi connectivity index (χ4n) is 2.21. The Hall–Kier alpha value is -2.96. The summed E-state index contributed by atoms with van der Waals surface area (Å²) in [7, 11) is 4.94. The van der Waals surface area contributed by atoms with Gasteiger partial charge in [0, 0.05) is 12.7 Å². The number of amidine groups is 1. The van der Waals surface area contributed by atoms with Gasteiger partial charge in [0.15, 0.2) is 17.3 Å². The molecule has 0 saturated carbocycles. The highest BCUT2D eigenvalue weighted by atomic mass is 16.7. The zero-order valence-electron chi connectivity index (χ0n) is 14.2. The zero-order valence-corrected chi connectivity index (χ0v) is 14.2. The first-order chi connectivity index (χ1) is 11.5. The molecule has 128 valence electrons. The van der Waals surface area contributed by atoms with Crippen LogP contribution in [0.3, 0.4) is 0 Å². The normalized spacial score (nSPS) is 11.2. The average Bonchev–Trinajstić information content (AvgIpc) is 2.92. The molecule has 0 radical (unpaired) electrons. The largest absolute Gasteiger partial charge is 0.493 e. The maximum atomic E-state index is 11.9. The Morgan fingerprint density at radius 2 is 1.88 bits per heavy atom. The first-order valence-electron chi connectivity index (χ1n) is 7.33. The van der Waals surface area contributed by atoms with E-state index in [9.17, 15) is 4.79 Å². The summed E-state index contributed by atoms with van der Waals surface area (Å²) in [6.45, 7) is 1.94. The van der Waals surface area contributed by atoms with Crippen LogP contribution in [0.4, 0.5) is 0 Å². The minimum absolute atomic E-state index is 0.0449. The lowest BCUT2D eigenvalue weighted by atomic mass is 10.1. The van der Waals surface area contributed by atoms with Crippen molar-refractivity contribution in [2.45, 2.75) is 13.3 Å². The number of hydrogen-bond acceptors (Lipinski definition) is 5. The van der Waals surface area contributed by atoms with Crippen molar-refractivity contribution in [2.75, 3.05) is 14.2 Å². The number of nitrogens with zero attached hydrogens (tertiary/aromatic N) is 2. The van der Waals surface area contributed by atoms with Crippen LogP contribution >= 0.6 is 0 Å². The highest BCUT2D eigenvalue weighted by Gasteiger charge is 2.11. The molecule has 24 heavy (non-hydrogen) atoms. The van der Waals surface area contributed by atoms with E-state index in [0.717, 1.165) is 11.3 Å². The van der Waals surface area contributed by atoms with Gasteiger partial charge >= 0.3 is 5.97 Å². The molecule has 7 heteroatoms. The third kappa shape index (κ3) is 3.87. The number of methoxy groups -OCH3 is 2. The third-order valence-corrected chi connectivity index (χ3v) is 3.68. The SMILES string of the molecule is COc1ccc(CC(=O)O/N=C(\N)c2ccc(C)n2C)cc1OC. The summed E-state index contributed by atoms with van der Waals surface area (Å²) in [5, 5.41) is 3.71. The van der Waals surface area contributed by atoms with Crippen molar-refractivity contribution in [3.05, 3.63) is 47.3 Å². The van der Waals surface area contributed by atoms with Crippen LogP contribution in [-0.4, -0.2) is 30.6 Å². The van der Waals surface area contributed by atoms with Gasteiger partial charge in [0.05, 0.1) is 26.3 Å². The van der Waals surface area contributed by atoms with Crippen molar-refractivity contribution >= 4 is 11.8 Å². The molecule has 1 aromatic heterocycles. The topological polar surface area (TPSA) is 88.1 Å². The van der Waals surface area contributed by atoms with Crippen LogP contribution in [0.1, 0.15) is 17.0 Å². The molecule has 2 N–H and O–H groups in total. The van der Waals surface area contributed by atoms with Crippen LogP contribution in [0.2, 0.25) is 0 Å². The number of rotatable bonds is 6. The van der Waals surface area contributed by atoms with Crippen LogP contribution in [0.25, 0.3) is 0 Å². The zero-order chi connectivity index (χ0) is 17.7. The summed E-state index contributed by atoms with van der Waals surface area (Å²) in [6.07, 6.45) is 0.0449. The molecule has 0 fully saturated rings. The Morgan fingerprint density at radius 3 is 2.46 bits per heavy atom. The smallest absolute Gasteiger partial charge is 0.339 e. The molecular formula is C17H21N3O4. The number of aromatic nitrogens is 1. The minimum Gasteiger partial charge on any atom is -0.493 e. The van der Waals surface area contributed by atoms with Gasteiger partial charge in [0.2, 0.25) is 0 Å². The fraction of sp³-hybridized carbons (Fsp3) is 0.294. The highest BCUT2D eigenvalue weighted by Crippen LogP contribution is 2.27. The number of carbonyl (C=O) groups is 1. The average molecular weight is 331 g/mol. The van der Waals surface area contributed by atoms with Crippen LogP contribution in [0.5, 0.6) is 11.5 Å². The van der Waals surface area contributed by atoms with Crippen molar-refractivity contribution in [1.82, 2.24) is 4.57 Å². The van der Waals surface area contributed by atoms with E-state index in [2.05, 4.69) is 5.16 Å². The van der Waals surface area contributed by atoms with E-state index < -0.39 is 5.97 Å². The van der Waals surface area contributed by atoms with Gasteiger partial charge in [-0.15, -0.1) is 0 Å². The Morgan fingerprint density at radius 1 is 1.17 bits per heavy atom. The van der Waals surface area contributed by atoms with Crippen molar-refractivity contribution in [1.29, 1.82) is 0 Å². The lowest BCUT2D eigenvalue weighted by Crippen LogP contribution is -2.19. The molecule has 0 saturated heterocycles. The van der Waals surface area contributed by atoms with Gasteiger partial charge in [0.1, 0.15) is 0 Å². The van der Waals surface area contributed by atoms with Crippen molar-refractivity contribution < 1.29 is 19.1 Å². The highest BCUT2D eigenvalue weighted by molar-refractivity contribution is 5.96. The molecule has 0 amide bonds. The maximum Gasteiger partial charge on any atom is 0.339 e. The number of nitrogens with two attached hydrogens (primary N) is 1. The molecule has 7 nitrogen and oxygen atoms in total. The monoisotopic (exact) mass is 331 g/mol. The summed E-state index contributed by atoms with van der Waals surface area (Å²) < 4.78 is 12.2. The number of oxime groups is 1. The van der Waals surface area contributed by atoms with Gasteiger partial charge in [0.25, 0.3) is 0 Å². The van der Waals surface area contributed by atoms with Crippen LogP contribution in [0, 0.1) is 6.92 Å². The molecule has 1 heterocycles. The number of carbonyl (C=O) groups excluding carboxylic acids is 1. The standard InChI is InChI=1S/C17H21N3O4/c1-11-5-7-13(20(11)2)17(18)19-24-16(21)10-12-6-8-14(22-3)15(9-12)23-4/h5-9H,10H2,1-4H3,(H2,18,19). The summed E-state index contributed by atoms with van der Waals surface area (Å²) >= 11 is 0. The maximum absolute atomic E-state index is 11.9.